The Balaban J connectivity index is 1.95. The molecule has 1 aromatic heterocycles. The van der Waals surface area contributed by atoms with E-state index in [-0.39, 0.29) is 24.9 Å². The van der Waals surface area contributed by atoms with Crippen LogP contribution in [0.5, 0.6) is 0 Å². The molecule has 0 aliphatic carbocycles. The number of hydrogen-bond donors (Lipinski definition) is 2. The lowest BCUT2D eigenvalue weighted by Gasteiger charge is -2.19. The number of hydrogen-bond acceptors (Lipinski definition) is 5. The fourth-order valence-electron chi connectivity index (χ4n) is 2.17. The summed E-state index contributed by atoms with van der Waals surface area (Å²) >= 11 is 1.33. The van der Waals surface area contributed by atoms with Crippen LogP contribution >= 0.6 is 11.3 Å². The first-order valence-corrected chi connectivity index (χ1v) is 8.35. The van der Waals surface area contributed by atoms with Crippen LogP contribution in [0.4, 0.5) is 9.52 Å². The summed E-state index contributed by atoms with van der Waals surface area (Å²) in [4.78, 5) is 18.3. The number of nitrogens with zero attached hydrogens (tertiary/aromatic N) is 2. The minimum atomic E-state index is -0.294. The predicted molar refractivity (Wildman–Crippen MR) is 90.0 cm³/mol. The Morgan fingerprint density at radius 3 is 2.74 bits per heavy atom. The second-order valence-electron chi connectivity index (χ2n) is 5.09. The Morgan fingerprint density at radius 1 is 1.35 bits per heavy atom. The minimum absolute atomic E-state index is 0.0270. The molecule has 1 heterocycles. The maximum Gasteiger partial charge on any atom is 0.240 e. The number of halogens is 1. The number of aliphatic hydroxyl groups is 1. The summed E-state index contributed by atoms with van der Waals surface area (Å²) in [6, 6.07) is 6.06. The van der Waals surface area contributed by atoms with Gasteiger partial charge in [-0.25, -0.2) is 9.37 Å². The van der Waals surface area contributed by atoms with Gasteiger partial charge in [0.1, 0.15) is 5.82 Å². The molecule has 2 aromatic rings. The lowest BCUT2D eigenvalue weighted by Crippen LogP contribution is -2.35. The van der Waals surface area contributed by atoms with Crippen molar-refractivity contribution >= 4 is 22.4 Å². The van der Waals surface area contributed by atoms with Crippen LogP contribution in [0.25, 0.3) is 11.3 Å². The molecule has 0 aliphatic heterocycles. The van der Waals surface area contributed by atoms with Crippen molar-refractivity contribution in [2.24, 2.45) is 0 Å². The maximum atomic E-state index is 12.9. The highest BCUT2D eigenvalue weighted by Gasteiger charge is 2.12. The first kappa shape index (κ1) is 17.5. The summed E-state index contributed by atoms with van der Waals surface area (Å²) in [5.74, 6) is -0.454. The van der Waals surface area contributed by atoms with E-state index in [2.05, 4.69) is 10.3 Å². The SMILES string of the molecule is CCCN(CCO)CC(=O)Nc1nc(-c2ccc(F)cc2)cs1. The molecule has 0 spiro atoms. The largest absolute Gasteiger partial charge is 0.395 e. The van der Waals surface area contributed by atoms with Crippen molar-refractivity contribution < 1.29 is 14.3 Å². The second kappa shape index (κ2) is 8.71. The molecule has 23 heavy (non-hydrogen) atoms. The number of anilines is 1. The van der Waals surface area contributed by atoms with Crippen LogP contribution in [-0.2, 0) is 4.79 Å². The number of amides is 1. The summed E-state index contributed by atoms with van der Waals surface area (Å²) in [5.41, 5.74) is 1.50. The van der Waals surface area contributed by atoms with Crippen LogP contribution < -0.4 is 5.32 Å². The molecule has 2 N–H and O–H groups in total. The van der Waals surface area contributed by atoms with E-state index in [9.17, 15) is 9.18 Å². The van der Waals surface area contributed by atoms with Crippen molar-refractivity contribution in [1.82, 2.24) is 9.88 Å². The van der Waals surface area contributed by atoms with Gasteiger partial charge in [0.25, 0.3) is 0 Å². The summed E-state index contributed by atoms with van der Waals surface area (Å²) in [6.45, 7) is 3.50. The molecule has 0 radical (unpaired) electrons. The first-order valence-electron chi connectivity index (χ1n) is 7.47. The molecule has 0 fully saturated rings. The Labute approximate surface area is 138 Å². The van der Waals surface area contributed by atoms with E-state index in [1.165, 1.54) is 23.5 Å². The average Bonchev–Trinajstić information content (AvgIpc) is 2.96. The van der Waals surface area contributed by atoms with E-state index in [1.54, 1.807) is 12.1 Å². The van der Waals surface area contributed by atoms with Gasteiger partial charge in [-0.15, -0.1) is 11.3 Å². The molecular weight excluding hydrogens is 317 g/mol. The van der Waals surface area contributed by atoms with E-state index in [1.807, 2.05) is 17.2 Å². The van der Waals surface area contributed by atoms with Gasteiger partial charge < -0.3 is 10.4 Å². The topological polar surface area (TPSA) is 65.5 Å². The molecule has 7 heteroatoms. The van der Waals surface area contributed by atoms with Crippen molar-refractivity contribution in [3.05, 3.63) is 35.5 Å². The van der Waals surface area contributed by atoms with E-state index >= 15 is 0 Å². The number of carbonyl (C=O) groups excluding carboxylic acids is 1. The van der Waals surface area contributed by atoms with Crippen molar-refractivity contribution in [2.45, 2.75) is 13.3 Å². The average molecular weight is 337 g/mol. The van der Waals surface area contributed by atoms with Gasteiger partial charge in [0, 0.05) is 17.5 Å². The van der Waals surface area contributed by atoms with E-state index in [0.717, 1.165) is 18.5 Å². The zero-order valence-corrected chi connectivity index (χ0v) is 13.8. The number of benzene rings is 1. The van der Waals surface area contributed by atoms with Crippen LogP contribution in [0.1, 0.15) is 13.3 Å². The molecule has 0 saturated heterocycles. The van der Waals surface area contributed by atoms with Crippen LogP contribution in [0.2, 0.25) is 0 Å². The molecule has 2 rings (SSSR count). The van der Waals surface area contributed by atoms with Crippen LogP contribution in [0, 0.1) is 5.82 Å². The third-order valence-electron chi connectivity index (χ3n) is 3.21. The monoisotopic (exact) mass is 337 g/mol. The fourth-order valence-corrected chi connectivity index (χ4v) is 2.91. The van der Waals surface area contributed by atoms with Gasteiger partial charge in [0.15, 0.2) is 5.13 Å². The molecule has 0 atom stereocenters. The van der Waals surface area contributed by atoms with Crippen LogP contribution in [0.3, 0.4) is 0 Å². The minimum Gasteiger partial charge on any atom is -0.395 e. The van der Waals surface area contributed by atoms with Crippen LogP contribution in [-0.4, -0.2) is 47.1 Å². The van der Waals surface area contributed by atoms with Crippen molar-refractivity contribution in [3.63, 3.8) is 0 Å². The summed E-state index contributed by atoms with van der Waals surface area (Å²) < 4.78 is 12.9. The van der Waals surface area contributed by atoms with Gasteiger partial charge in [0.05, 0.1) is 18.8 Å². The smallest absolute Gasteiger partial charge is 0.240 e. The normalized spacial score (nSPS) is 11.0. The van der Waals surface area contributed by atoms with Crippen molar-refractivity contribution in [2.75, 3.05) is 31.6 Å². The number of aromatic nitrogens is 1. The molecular formula is C16H20FN3O2S. The van der Waals surface area contributed by atoms with Gasteiger partial charge in [0.2, 0.25) is 5.91 Å². The van der Waals surface area contributed by atoms with Gasteiger partial charge in [-0.05, 0) is 37.2 Å². The molecule has 124 valence electrons. The van der Waals surface area contributed by atoms with E-state index in [0.29, 0.717) is 17.4 Å². The molecule has 0 bridgehead atoms. The van der Waals surface area contributed by atoms with Gasteiger partial charge in [-0.1, -0.05) is 6.92 Å². The Bertz CT molecular complexity index is 625. The standard InChI is InChI=1S/C16H20FN3O2S/c1-2-7-20(8-9-21)10-15(22)19-16-18-14(11-23-16)12-3-5-13(17)6-4-12/h3-6,11,21H,2,7-10H2,1H3,(H,18,19,22). The highest BCUT2D eigenvalue weighted by molar-refractivity contribution is 7.14. The molecule has 0 aliphatic rings. The van der Waals surface area contributed by atoms with Crippen molar-refractivity contribution in [3.8, 4) is 11.3 Å². The zero-order chi connectivity index (χ0) is 16.7. The molecule has 1 amide bonds. The summed E-state index contributed by atoms with van der Waals surface area (Å²) in [7, 11) is 0. The van der Waals surface area contributed by atoms with E-state index in [4.69, 9.17) is 5.11 Å². The molecule has 0 saturated carbocycles. The van der Waals surface area contributed by atoms with Gasteiger partial charge in [-0.2, -0.15) is 0 Å². The van der Waals surface area contributed by atoms with Gasteiger partial charge >= 0.3 is 0 Å². The fraction of sp³-hybridized carbons (Fsp3) is 0.375. The highest BCUT2D eigenvalue weighted by atomic mass is 32.1. The van der Waals surface area contributed by atoms with Crippen LogP contribution in [0.15, 0.2) is 29.6 Å². The number of rotatable bonds is 8. The lowest BCUT2D eigenvalue weighted by atomic mass is 10.2. The number of thiazole rings is 1. The first-order chi connectivity index (χ1) is 11.1. The zero-order valence-electron chi connectivity index (χ0n) is 13.0. The van der Waals surface area contributed by atoms with E-state index < -0.39 is 0 Å². The maximum absolute atomic E-state index is 12.9. The Hall–Kier alpha value is -1.83. The Morgan fingerprint density at radius 2 is 2.09 bits per heavy atom. The third kappa shape index (κ3) is 5.38. The van der Waals surface area contributed by atoms with Gasteiger partial charge in [-0.3, -0.25) is 9.69 Å². The number of carbonyl (C=O) groups is 1. The quantitative estimate of drug-likeness (QED) is 0.777. The third-order valence-corrected chi connectivity index (χ3v) is 3.97. The number of aliphatic hydroxyl groups excluding tert-OH is 1. The second-order valence-corrected chi connectivity index (χ2v) is 5.95. The lowest BCUT2D eigenvalue weighted by molar-refractivity contribution is -0.117. The number of nitrogens with one attached hydrogen (secondary N) is 1. The Kier molecular flexibility index (Phi) is 6.64. The van der Waals surface area contributed by atoms with Crippen molar-refractivity contribution in [1.29, 1.82) is 0 Å². The highest BCUT2D eigenvalue weighted by Crippen LogP contribution is 2.24. The molecule has 1 aromatic carbocycles. The molecule has 0 unspecified atom stereocenters. The summed E-state index contributed by atoms with van der Waals surface area (Å²) in [6.07, 6.45) is 0.916. The predicted octanol–water partition coefficient (Wildman–Crippen LogP) is 2.59. The summed E-state index contributed by atoms with van der Waals surface area (Å²) in [5, 5.41) is 14.1. The molecule has 5 nitrogen and oxygen atoms in total.